The first-order chi connectivity index (χ1) is 26.6. The molecule has 298 valence electrons. The number of Topliss-reactive ketones (excluding diaryl/α,β-unsaturated/α-hetero) is 2. The molecule has 0 atom stereocenters. The van der Waals surface area contributed by atoms with Gasteiger partial charge in [0.25, 0.3) is 47.3 Å². The Hall–Kier alpha value is -6.28. The van der Waals surface area contributed by atoms with E-state index in [-0.39, 0.29) is 77.3 Å². The first-order valence-electron chi connectivity index (χ1n) is 17.6. The summed E-state index contributed by atoms with van der Waals surface area (Å²) in [5.74, 6) is -6.73. The van der Waals surface area contributed by atoms with Crippen LogP contribution >= 0.6 is 0 Å². The highest BCUT2D eigenvalue weighted by atomic mass is 16.5. The summed E-state index contributed by atoms with van der Waals surface area (Å²) in [5, 5.41) is 2.57. The van der Waals surface area contributed by atoms with Crippen molar-refractivity contribution >= 4 is 70.6 Å². The molecule has 0 fully saturated rings. The van der Waals surface area contributed by atoms with E-state index in [0.717, 1.165) is 68.2 Å². The lowest BCUT2D eigenvalue weighted by Crippen LogP contribution is -2.47. The first kappa shape index (κ1) is 42.5. The number of amides is 10. The van der Waals surface area contributed by atoms with Gasteiger partial charge in [-0.3, -0.25) is 72.3 Å². The van der Waals surface area contributed by atoms with Crippen LogP contribution in [-0.4, -0.2) is 166 Å². The van der Waals surface area contributed by atoms with Gasteiger partial charge < -0.3 is 24.5 Å². The largest absolute Gasteiger partial charge is 0.367 e. The van der Waals surface area contributed by atoms with Crippen molar-refractivity contribution in [2.75, 3.05) is 59.0 Å². The number of hydrogen-bond donors (Lipinski definition) is 1. The summed E-state index contributed by atoms with van der Waals surface area (Å²) in [7, 11) is 0. The molecule has 0 aromatic rings. The van der Waals surface area contributed by atoms with Crippen molar-refractivity contribution in [3.8, 4) is 0 Å². The summed E-state index contributed by atoms with van der Waals surface area (Å²) < 4.78 is 11.3. The van der Waals surface area contributed by atoms with E-state index in [9.17, 15) is 57.5 Å². The van der Waals surface area contributed by atoms with Crippen LogP contribution < -0.4 is 5.32 Å². The maximum Gasteiger partial charge on any atom is 0.253 e. The molecule has 4 aliphatic heterocycles. The quantitative estimate of drug-likeness (QED) is 0.0967. The van der Waals surface area contributed by atoms with Gasteiger partial charge in [-0.15, -0.1) is 0 Å². The highest BCUT2D eigenvalue weighted by Crippen LogP contribution is 2.13. The molecular formula is C36H40N6O14. The van der Waals surface area contributed by atoms with E-state index >= 15 is 0 Å². The van der Waals surface area contributed by atoms with Crippen LogP contribution in [0.1, 0.15) is 32.6 Å². The van der Waals surface area contributed by atoms with Gasteiger partial charge in [0.2, 0.25) is 11.8 Å². The molecule has 4 aliphatic rings. The molecule has 0 saturated heterocycles. The second kappa shape index (κ2) is 19.9. The Morgan fingerprint density at radius 3 is 1.30 bits per heavy atom. The molecule has 1 N–H and O–H groups in total. The van der Waals surface area contributed by atoms with Crippen LogP contribution in [0.5, 0.6) is 0 Å². The average molecular weight is 781 g/mol. The zero-order valence-electron chi connectivity index (χ0n) is 30.4. The second-order valence-corrected chi connectivity index (χ2v) is 12.9. The Morgan fingerprint density at radius 1 is 0.554 bits per heavy atom. The minimum atomic E-state index is -1.10. The first-order valence-corrected chi connectivity index (χ1v) is 17.6. The fraction of sp³-hybridized carbons (Fsp3) is 0.444. The molecule has 0 aliphatic carbocycles. The number of carbonyl (C=O) groups is 12. The van der Waals surface area contributed by atoms with Gasteiger partial charge in [-0.2, -0.15) is 0 Å². The summed E-state index contributed by atoms with van der Waals surface area (Å²) >= 11 is 0. The highest BCUT2D eigenvalue weighted by Gasteiger charge is 2.34. The Bertz CT molecular complexity index is 1540. The number of ketones is 2. The molecule has 0 spiro atoms. The van der Waals surface area contributed by atoms with Crippen LogP contribution in [0.3, 0.4) is 0 Å². The maximum atomic E-state index is 13.0. The average Bonchev–Trinajstić information content (AvgIpc) is 3.86. The molecule has 0 saturated carbocycles. The van der Waals surface area contributed by atoms with E-state index in [1.807, 2.05) is 0 Å². The lowest BCUT2D eigenvalue weighted by Gasteiger charge is -2.26. The number of nitrogens with one attached hydrogen (secondary N) is 1. The lowest BCUT2D eigenvalue weighted by atomic mass is 10.2. The van der Waals surface area contributed by atoms with E-state index in [1.165, 1.54) is 11.8 Å². The summed E-state index contributed by atoms with van der Waals surface area (Å²) in [4.78, 5) is 152. The third-order valence-corrected chi connectivity index (χ3v) is 8.71. The third kappa shape index (κ3) is 12.1. The van der Waals surface area contributed by atoms with Crippen LogP contribution in [0.15, 0.2) is 48.6 Å². The predicted molar refractivity (Wildman–Crippen MR) is 187 cm³/mol. The summed E-state index contributed by atoms with van der Waals surface area (Å²) in [5.41, 5.74) is 0. The van der Waals surface area contributed by atoms with Gasteiger partial charge in [-0.1, -0.05) is 0 Å². The lowest BCUT2D eigenvalue weighted by molar-refractivity contribution is -0.145. The van der Waals surface area contributed by atoms with Gasteiger partial charge in [0.05, 0.1) is 38.4 Å². The number of nitrogens with zero attached hydrogens (tertiary/aromatic N) is 5. The summed E-state index contributed by atoms with van der Waals surface area (Å²) in [6, 6.07) is 0. The highest BCUT2D eigenvalue weighted by molar-refractivity contribution is 6.15. The molecule has 0 bridgehead atoms. The fourth-order valence-electron chi connectivity index (χ4n) is 5.71. The normalized spacial score (nSPS) is 16.4. The molecule has 0 unspecified atom stereocenters. The molecule has 0 radical (unpaired) electrons. The predicted octanol–water partition coefficient (Wildman–Crippen LogP) is -2.88. The zero-order chi connectivity index (χ0) is 40.9. The third-order valence-electron chi connectivity index (χ3n) is 8.71. The molecule has 0 aromatic carbocycles. The monoisotopic (exact) mass is 780 g/mol. The van der Waals surface area contributed by atoms with Crippen LogP contribution in [0, 0.1) is 0 Å². The van der Waals surface area contributed by atoms with E-state index in [2.05, 4.69) is 5.32 Å². The molecule has 0 aromatic heterocycles. The Kier molecular flexibility index (Phi) is 15.1. The van der Waals surface area contributed by atoms with Crippen molar-refractivity contribution in [3.05, 3.63) is 48.6 Å². The standard InChI is InChI=1S/C36H40N6O14/c1-23(43)4-5-28(46)38(15-2-3-24(44)21-55-25(17-39-29(47)6-7-30(39)48)18-40-31(49)8-9-32(40)50)16-14-37-27(45)22-56-26(19-41-33(51)10-11-34(41)52)20-42-35(53)12-13-36(42)54/h6-13,25-26H,2-5,14-22H2,1H3,(H,37,45). The number of carbonyl (C=O) groups excluding carboxylic acids is 12. The van der Waals surface area contributed by atoms with Crippen LogP contribution in [0.25, 0.3) is 0 Å². The summed E-state index contributed by atoms with van der Waals surface area (Å²) in [6.07, 6.45) is 6.15. The van der Waals surface area contributed by atoms with Crippen molar-refractivity contribution in [1.29, 1.82) is 0 Å². The molecule has 20 nitrogen and oxygen atoms in total. The van der Waals surface area contributed by atoms with Gasteiger partial charge in [0.1, 0.15) is 19.0 Å². The Balaban J connectivity index is 1.26. The van der Waals surface area contributed by atoms with Crippen LogP contribution in [0.2, 0.25) is 0 Å². The van der Waals surface area contributed by atoms with Crippen LogP contribution in [-0.2, 0) is 67.0 Å². The number of imide groups is 4. The molecule has 4 rings (SSSR count). The SMILES string of the molecule is CC(=O)CCC(=O)N(CCCC(=O)COC(CN1C(=O)C=CC1=O)CN1C(=O)C=CC1=O)CCNC(=O)COC(CN1C(=O)C=CC1=O)CN1C(=O)C=CC1=O. The minimum absolute atomic E-state index is 0.0264. The van der Waals surface area contributed by atoms with Gasteiger partial charge in [0, 0.05) is 87.5 Å². The van der Waals surface area contributed by atoms with Gasteiger partial charge in [0.15, 0.2) is 5.78 Å². The van der Waals surface area contributed by atoms with E-state index < -0.39 is 90.3 Å². The maximum absolute atomic E-state index is 13.0. The fourth-order valence-corrected chi connectivity index (χ4v) is 5.71. The molecule has 20 heteroatoms. The van der Waals surface area contributed by atoms with Crippen molar-refractivity contribution < 1.29 is 67.0 Å². The van der Waals surface area contributed by atoms with Crippen LogP contribution in [0.4, 0.5) is 0 Å². The molecule has 56 heavy (non-hydrogen) atoms. The zero-order valence-corrected chi connectivity index (χ0v) is 30.4. The smallest absolute Gasteiger partial charge is 0.253 e. The van der Waals surface area contributed by atoms with E-state index in [4.69, 9.17) is 9.47 Å². The van der Waals surface area contributed by atoms with Gasteiger partial charge >= 0.3 is 0 Å². The molecule has 10 amide bonds. The number of rotatable bonds is 24. The Labute approximate surface area is 319 Å². The number of ether oxygens (including phenoxy) is 2. The Morgan fingerprint density at radius 2 is 0.929 bits per heavy atom. The van der Waals surface area contributed by atoms with Gasteiger partial charge in [-0.05, 0) is 13.3 Å². The van der Waals surface area contributed by atoms with E-state index in [0.29, 0.717) is 0 Å². The van der Waals surface area contributed by atoms with Crippen molar-refractivity contribution in [3.63, 3.8) is 0 Å². The summed E-state index contributed by atoms with van der Waals surface area (Å²) in [6.45, 7) is -1.17. The van der Waals surface area contributed by atoms with E-state index in [1.54, 1.807) is 0 Å². The van der Waals surface area contributed by atoms with Gasteiger partial charge in [-0.25, -0.2) is 0 Å². The number of hydrogen-bond acceptors (Lipinski definition) is 14. The second-order valence-electron chi connectivity index (χ2n) is 12.9. The molecule has 4 heterocycles. The van der Waals surface area contributed by atoms with Crippen molar-refractivity contribution in [2.24, 2.45) is 0 Å². The topological polar surface area (TPSA) is 252 Å². The minimum Gasteiger partial charge on any atom is -0.367 e. The molecular weight excluding hydrogens is 740 g/mol. The van der Waals surface area contributed by atoms with Crippen molar-refractivity contribution in [2.45, 2.75) is 44.8 Å². The van der Waals surface area contributed by atoms with Crippen molar-refractivity contribution in [1.82, 2.24) is 29.8 Å².